The van der Waals surface area contributed by atoms with Crippen LogP contribution in [0.1, 0.15) is 119 Å². The number of carbonyl (C=O) groups excluding carboxylic acids is 2. The molecule has 0 aromatic heterocycles. The van der Waals surface area contributed by atoms with Gasteiger partial charge < -0.3 is 28.4 Å². The molecule has 10 heteroatoms. The van der Waals surface area contributed by atoms with E-state index in [0.717, 1.165) is 70.6 Å². The number of fused-ring (bicyclic) bond motifs is 12. The van der Waals surface area contributed by atoms with E-state index in [4.69, 9.17) is 51.6 Å². The Morgan fingerprint density at radius 3 is 1.26 bits per heavy atom. The van der Waals surface area contributed by atoms with Crippen molar-refractivity contribution in [2.75, 3.05) is 13.2 Å². The summed E-state index contributed by atoms with van der Waals surface area (Å²) in [5.74, 6) is 3.15. The second-order valence-corrected chi connectivity index (χ2v) is 16.7. The van der Waals surface area contributed by atoms with Gasteiger partial charge in [-0.2, -0.15) is 0 Å². The van der Waals surface area contributed by atoms with Gasteiger partial charge in [-0.3, -0.25) is 0 Å². The van der Waals surface area contributed by atoms with Gasteiger partial charge >= 0.3 is 11.9 Å². The maximum atomic E-state index is 13.0. The van der Waals surface area contributed by atoms with Crippen LogP contribution in [0.15, 0.2) is 121 Å². The molecule has 62 heavy (non-hydrogen) atoms. The van der Waals surface area contributed by atoms with E-state index in [1.54, 1.807) is 30.3 Å². The molecule has 0 saturated carbocycles. The fourth-order valence-corrected chi connectivity index (χ4v) is 9.20. The third-order valence-electron chi connectivity index (χ3n) is 11.8. The maximum Gasteiger partial charge on any atom is 0.340 e. The lowest BCUT2D eigenvalue weighted by Gasteiger charge is -2.36. The highest BCUT2D eigenvalue weighted by Crippen LogP contribution is 2.58. The van der Waals surface area contributed by atoms with Crippen molar-refractivity contribution in [1.29, 1.82) is 0 Å². The van der Waals surface area contributed by atoms with Crippen LogP contribution < -0.4 is 18.9 Å². The van der Waals surface area contributed by atoms with Crippen molar-refractivity contribution in [2.45, 2.75) is 76.4 Å². The minimum absolute atomic E-state index is 0.332. The topological polar surface area (TPSA) is 89.5 Å². The van der Waals surface area contributed by atoms with Gasteiger partial charge in [0, 0.05) is 55.6 Å². The van der Waals surface area contributed by atoms with E-state index in [0.29, 0.717) is 57.4 Å². The van der Waals surface area contributed by atoms with Crippen LogP contribution in [0, 0.1) is 0 Å². The highest BCUT2D eigenvalue weighted by molar-refractivity contribution is 6.31. The number of carbonyl (C=O) groups is 2. The summed E-state index contributed by atoms with van der Waals surface area (Å²) in [6.07, 6.45) is 9.15. The summed E-state index contributed by atoms with van der Waals surface area (Å²) in [6.45, 7) is 5.72. The molecule has 0 N–H and O–H groups in total. The quantitative estimate of drug-likeness (QED) is 0.0887. The molecule has 0 unspecified atom stereocenters. The van der Waals surface area contributed by atoms with Crippen LogP contribution in [0.5, 0.6) is 34.5 Å². The van der Waals surface area contributed by atoms with Crippen molar-refractivity contribution in [2.24, 2.45) is 0 Å². The Bertz CT molecular complexity index is 2560. The molecule has 316 valence electrons. The number of esters is 2. The van der Waals surface area contributed by atoms with Crippen LogP contribution in [-0.2, 0) is 20.7 Å². The molecule has 0 radical (unpaired) electrons. The van der Waals surface area contributed by atoms with Gasteiger partial charge in [0.15, 0.2) is 11.2 Å². The van der Waals surface area contributed by atoms with Crippen LogP contribution in [0.4, 0.5) is 0 Å². The molecule has 4 heterocycles. The van der Waals surface area contributed by atoms with E-state index in [1.807, 2.05) is 91.0 Å². The fourth-order valence-electron chi connectivity index (χ4n) is 8.88. The molecule has 0 aliphatic carbocycles. The molecule has 2 spiro atoms. The van der Waals surface area contributed by atoms with Gasteiger partial charge in [-0.25, -0.2) is 9.59 Å². The number of hydrogen-bond donors (Lipinski definition) is 0. The Morgan fingerprint density at radius 1 is 0.452 bits per heavy atom. The monoisotopic (exact) mass is 868 g/mol. The summed E-state index contributed by atoms with van der Waals surface area (Å²) in [5, 5.41) is 1.08. The number of halogens is 2. The smallest absolute Gasteiger partial charge is 0.340 e. The van der Waals surface area contributed by atoms with E-state index in [-0.39, 0.29) is 11.9 Å². The van der Waals surface area contributed by atoms with Gasteiger partial charge in [-0.1, -0.05) is 112 Å². The molecule has 6 aromatic carbocycles. The molecular weight excluding hydrogens is 823 g/mol. The van der Waals surface area contributed by atoms with Crippen molar-refractivity contribution in [1.82, 2.24) is 0 Å². The summed E-state index contributed by atoms with van der Waals surface area (Å²) in [7, 11) is 0. The summed E-state index contributed by atoms with van der Waals surface area (Å²) >= 11 is 12.3. The van der Waals surface area contributed by atoms with E-state index in [2.05, 4.69) is 13.8 Å². The summed E-state index contributed by atoms with van der Waals surface area (Å²) in [6, 6.07) is 37.3. The second kappa shape index (κ2) is 17.4. The SMILES string of the molecule is CCCCCCOc1ccc2c(c1)Oc1cc(OCCCCCC)ccc1C21OC(=O)c2ccccc21.O=C1OC2(c3ccc(Cl)cc3Oc3cc(Cl)ccc32)c2ccccc21. The molecular formula is C52H46Cl2O8. The van der Waals surface area contributed by atoms with E-state index < -0.39 is 11.2 Å². The molecule has 0 amide bonds. The number of rotatable bonds is 12. The molecule has 8 nitrogen and oxygen atoms in total. The van der Waals surface area contributed by atoms with E-state index >= 15 is 0 Å². The molecule has 4 aliphatic rings. The number of unbranched alkanes of at least 4 members (excludes halogenated alkanes) is 6. The fraction of sp³-hybridized carbons (Fsp3) is 0.269. The van der Waals surface area contributed by atoms with Crippen molar-refractivity contribution in [3.63, 3.8) is 0 Å². The molecule has 0 saturated heterocycles. The van der Waals surface area contributed by atoms with Crippen molar-refractivity contribution >= 4 is 35.1 Å². The summed E-state index contributed by atoms with van der Waals surface area (Å²) in [4.78, 5) is 25.6. The number of ether oxygens (including phenoxy) is 6. The minimum atomic E-state index is -1.07. The van der Waals surface area contributed by atoms with Gasteiger partial charge in [0.2, 0.25) is 0 Å². The predicted molar refractivity (Wildman–Crippen MR) is 239 cm³/mol. The Balaban J connectivity index is 0.000000170. The lowest BCUT2D eigenvalue weighted by Crippen LogP contribution is -2.33. The van der Waals surface area contributed by atoms with E-state index in [1.165, 1.54) is 25.7 Å². The largest absolute Gasteiger partial charge is 0.493 e. The summed E-state index contributed by atoms with van der Waals surface area (Å²) in [5.41, 5.74) is 3.68. The first-order chi connectivity index (χ1) is 30.3. The van der Waals surface area contributed by atoms with Crippen LogP contribution in [0.3, 0.4) is 0 Å². The standard InChI is InChI=1S/C32H36O5.C20H10Cl2O3/c1-3-5-7-11-19-34-23-15-17-27-29(21-23)36-30-22-24(35-20-12-8-6-4-2)16-18-28(30)32(27)26-14-10-9-13-25(26)31(33)37-32;21-11-5-7-15-17(9-11)24-18-10-12(22)6-8-16(18)20(15)14-4-2-1-3-13(14)19(23)25-20/h9-10,13-18,21-22H,3-8,11-12,19-20H2,1-2H3;1-10H. The van der Waals surface area contributed by atoms with Gasteiger partial charge in [-0.05, 0) is 85.6 Å². The Morgan fingerprint density at radius 2 is 0.839 bits per heavy atom. The van der Waals surface area contributed by atoms with E-state index in [9.17, 15) is 9.59 Å². The van der Waals surface area contributed by atoms with Crippen molar-refractivity contribution < 1.29 is 38.0 Å². The van der Waals surface area contributed by atoms with Crippen LogP contribution >= 0.6 is 23.2 Å². The molecule has 4 aliphatic heterocycles. The lowest BCUT2D eigenvalue weighted by molar-refractivity contribution is 0.0214. The molecule has 0 atom stereocenters. The minimum Gasteiger partial charge on any atom is -0.493 e. The highest BCUT2D eigenvalue weighted by atomic mass is 35.5. The van der Waals surface area contributed by atoms with Gasteiger partial charge in [0.1, 0.15) is 34.5 Å². The Kier molecular flexibility index (Phi) is 11.6. The molecule has 0 bridgehead atoms. The molecule has 0 fully saturated rings. The Labute approximate surface area is 371 Å². The normalized spacial score (nSPS) is 15.0. The zero-order valence-corrected chi connectivity index (χ0v) is 36.2. The second-order valence-electron chi connectivity index (χ2n) is 15.9. The third-order valence-corrected chi connectivity index (χ3v) is 12.3. The first-order valence-electron chi connectivity index (χ1n) is 21.4. The first kappa shape index (κ1) is 41.4. The van der Waals surface area contributed by atoms with Crippen molar-refractivity contribution in [3.05, 3.63) is 176 Å². The van der Waals surface area contributed by atoms with Crippen LogP contribution in [0.2, 0.25) is 10.0 Å². The Hall–Kier alpha value is -5.96. The molecule has 10 rings (SSSR count). The average molecular weight is 870 g/mol. The maximum absolute atomic E-state index is 13.0. The number of hydrogen-bond acceptors (Lipinski definition) is 8. The predicted octanol–water partition coefficient (Wildman–Crippen LogP) is 13.7. The highest BCUT2D eigenvalue weighted by Gasteiger charge is 2.55. The van der Waals surface area contributed by atoms with Gasteiger partial charge in [-0.15, -0.1) is 0 Å². The van der Waals surface area contributed by atoms with Crippen LogP contribution in [0.25, 0.3) is 0 Å². The van der Waals surface area contributed by atoms with Gasteiger partial charge in [0.25, 0.3) is 0 Å². The van der Waals surface area contributed by atoms with Gasteiger partial charge in [0.05, 0.1) is 24.3 Å². The van der Waals surface area contributed by atoms with Crippen LogP contribution in [-0.4, -0.2) is 25.2 Å². The third kappa shape index (κ3) is 7.33. The molecule has 6 aromatic rings. The lowest BCUT2D eigenvalue weighted by atomic mass is 9.77. The zero-order chi connectivity index (χ0) is 42.8. The van der Waals surface area contributed by atoms with Crippen molar-refractivity contribution in [3.8, 4) is 34.5 Å². The first-order valence-corrected chi connectivity index (χ1v) is 22.2. The number of benzene rings is 6. The zero-order valence-electron chi connectivity index (χ0n) is 34.6. The summed E-state index contributed by atoms with van der Waals surface area (Å²) < 4.78 is 36.8. The average Bonchev–Trinajstić information content (AvgIpc) is 3.74.